The summed E-state index contributed by atoms with van der Waals surface area (Å²) in [7, 11) is 0. The Balaban J connectivity index is 2.61. The van der Waals surface area contributed by atoms with Crippen molar-refractivity contribution in [1.29, 1.82) is 0 Å². The predicted octanol–water partition coefficient (Wildman–Crippen LogP) is 2.32. The summed E-state index contributed by atoms with van der Waals surface area (Å²) in [5.41, 5.74) is 0.789. The minimum atomic E-state index is -0.561. The van der Waals surface area contributed by atoms with Gasteiger partial charge in [0.2, 0.25) is 16.9 Å². The summed E-state index contributed by atoms with van der Waals surface area (Å²) in [5, 5.41) is 29.6. The largest absolute Gasteiger partial charge is 0.504 e. The van der Waals surface area contributed by atoms with E-state index in [1.807, 2.05) is 0 Å². The maximum absolute atomic E-state index is 11.4. The van der Waals surface area contributed by atoms with Crippen LogP contribution in [0.4, 0.5) is 0 Å². The van der Waals surface area contributed by atoms with E-state index in [1.54, 1.807) is 19.1 Å². The topological polar surface area (TPSA) is 90.9 Å². The first-order chi connectivity index (χ1) is 9.00. The molecule has 0 saturated carbocycles. The summed E-state index contributed by atoms with van der Waals surface area (Å²) in [6.45, 7) is 1.78. The molecule has 3 N–H and O–H groups in total. The summed E-state index contributed by atoms with van der Waals surface area (Å²) in [6, 6.07) is 5.77. The van der Waals surface area contributed by atoms with Crippen LogP contribution in [0, 0.1) is 6.92 Å². The van der Waals surface area contributed by atoms with Crippen LogP contribution in [-0.2, 0) is 0 Å². The molecule has 2 aliphatic rings. The Bertz CT molecular complexity index is 831. The zero-order valence-corrected chi connectivity index (χ0v) is 9.97. The molecule has 1 aliphatic carbocycles. The molecule has 1 aliphatic heterocycles. The third kappa shape index (κ3) is 1.45. The van der Waals surface area contributed by atoms with Crippen LogP contribution in [0.2, 0.25) is 0 Å². The number of rotatable bonds is 0. The van der Waals surface area contributed by atoms with Gasteiger partial charge in [-0.2, -0.15) is 0 Å². The summed E-state index contributed by atoms with van der Waals surface area (Å²) < 4.78 is 5.39. The third-order valence-corrected chi connectivity index (χ3v) is 3.22. The van der Waals surface area contributed by atoms with E-state index in [-0.39, 0.29) is 17.1 Å². The first-order valence-electron chi connectivity index (χ1n) is 5.60. The number of hydrogen-bond donors (Lipinski definition) is 3. The summed E-state index contributed by atoms with van der Waals surface area (Å²) in [4.78, 5) is 11.4. The van der Waals surface area contributed by atoms with Crippen molar-refractivity contribution in [1.82, 2.24) is 0 Å². The molecule has 1 heterocycles. The molecule has 0 fully saturated rings. The standard InChI is InChI=1S/C14H10O5/c1-6-7-2-4-9(15)11(17)13(7)19-14-8(6)3-5-10(16)12(14)18/h2-5,15,17-18H,1H3. The minimum absolute atomic E-state index is 0.00148. The molecule has 0 atom stereocenters. The van der Waals surface area contributed by atoms with Gasteiger partial charge in [-0.25, -0.2) is 0 Å². The predicted molar refractivity (Wildman–Crippen MR) is 68.8 cm³/mol. The van der Waals surface area contributed by atoms with Gasteiger partial charge in [0.05, 0.1) is 0 Å². The highest BCUT2D eigenvalue weighted by Gasteiger charge is 2.20. The van der Waals surface area contributed by atoms with E-state index in [4.69, 9.17) is 4.42 Å². The van der Waals surface area contributed by atoms with Crippen molar-refractivity contribution in [3.05, 3.63) is 40.1 Å². The van der Waals surface area contributed by atoms with Crippen LogP contribution in [0.15, 0.2) is 33.5 Å². The summed E-state index contributed by atoms with van der Waals surface area (Å²) >= 11 is 0. The van der Waals surface area contributed by atoms with Crippen LogP contribution >= 0.6 is 0 Å². The lowest BCUT2D eigenvalue weighted by atomic mass is 10.00. The van der Waals surface area contributed by atoms with Gasteiger partial charge in [-0.1, -0.05) is 0 Å². The van der Waals surface area contributed by atoms with E-state index in [0.29, 0.717) is 10.9 Å². The number of phenolic OH excluding ortho intramolecular Hbond substituents is 3. The molecule has 19 heavy (non-hydrogen) atoms. The maximum atomic E-state index is 11.4. The Kier molecular flexibility index (Phi) is 2.19. The fraction of sp³-hybridized carbons (Fsp3) is 0.0714. The lowest BCUT2D eigenvalue weighted by Crippen LogP contribution is -2.01. The zero-order valence-electron chi connectivity index (χ0n) is 9.97. The maximum Gasteiger partial charge on any atom is 0.224 e. The minimum Gasteiger partial charge on any atom is -0.504 e. The highest BCUT2D eigenvalue weighted by atomic mass is 16.4. The molecule has 3 rings (SSSR count). The fourth-order valence-electron chi connectivity index (χ4n) is 2.16. The molecule has 0 amide bonds. The molecule has 0 saturated heterocycles. The normalized spacial score (nSPS) is 11.2. The van der Waals surface area contributed by atoms with Crippen molar-refractivity contribution < 1.29 is 19.7 Å². The highest BCUT2D eigenvalue weighted by molar-refractivity contribution is 5.93. The SMILES string of the molecule is Cc1c2ccc(=O)c(O)c-2oc2c(O)c(O)ccc12. The molecule has 1 aromatic rings. The molecule has 5 nitrogen and oxygen atoms in total. The Morgan fingerprint density at radius 1 is 1.00 bits per heavy atom. The fourth-order valence-corrected chi connectivity index (χ4v) is 2.16. The van der Waals surface area contributed by atoms with Gasteiger partial charge in [-0.3, -0.25) is 4.79 Å². The number of benzene rings is 2. The summed E-state index contributed by atoms with van der Waals surface area (Å²) in [6.07, 6.45) is 0. The van der Waals surface area contributed by atoms with Crippen molar-refractivity contribution >= 4 is 11.0 Å². The second-order valence-corrected chi connectivity index (χ2v) is 4.33. The second kappa shape index (κ2) is 3.65. The van der Waals surface area contributed by atoms with Crippen LogP contribution < -0.4 is 5.43 Å². The van der Waals surface area contributed by atoms with Crippen LogP contribution in [0.1, 0.15) is 5.56 Å². The number of fused-ring (bicyclic) bond motifs is 2. The molecular weight excluding hydrogens is 248 g/mol. The third-order valence-electron chi connectivity index (χ3n) is 3.22. The summed E-state index contributed by atoms with van der Waals surface area (Å²) in [5.74, 6) is -1.25. The molecule has 0 radical (unpaired) electrons. The first kappa shape index (κ1) is 11.4. The number of aryl methyl sites for hydroxylation is 1. The van der Waals surface area contributed by atoms with E-state index >= 15 is 0 Å². The Labute approximate surface area is 107 Å². The molecule has 0 unspecified atom stereocenters. The van der Waals surface area contributed by atoms with E-state index in [1.165, 1.54) is 12.1 Å². The van der Waals surface area contributed by atoms with E-state index < -0.39 is 16.9 Å². The van der Waals surface area contributed by atoms with Crippen molar-refractivity contribution in [2.24, 2.45) is 0 Å². The average molecular weight is 258 g/mol. The van der Waals surface area contributed by atoms with Gasteiger partial charge in [0.15, 0.2) is 17.1 Å². The van der Waals surface area contributed by atoms with Crippen molar-refractivity contribution in [3.63, 3.8) is 0 Å². The zero-order chi connectivity index (χ0) is 13.7. The van der Waals surface area contributed by atoms with Gasteiger partial charge in [-0.15, -0.1) is 0 Å². The van der Waals surface area contributed by atoms with E-state index in [9.17, 15) is 20.1 Å². The van der Waals surface area contributed by atoms with Gasteiger partial charge < -0.3 is 19.7 Å². The lowest BCUT2D eigenvalue weighted by molar-refractivity contribution is 0.397. The van der Waals surface area contributed by atoms with Crippen molar-refractivity contribution in [2.75, 3.05) is 0 Å². The average Bonchev–Trinajstić information content (AvgIpc) is 2.39. The molecule has 0 spiro atoms. The molecule has 5 heteroatoms. The smallest absolute Gasteiger partial charge is 0.224 e. The quantitative estimate of drug-likeness (QED) is 0.425. The number of hydrogen-bond acceptors (Lipinski definition) is 5. The Morgan fingerprint density at radius 3 is 2.47 bits per heavy atom. The molecular formula is C14H10O5. The number of phenols is 3. The van der Waals surface area contributed by atoms with Gasteiger partial charge in [0, 0.05) is 10.9 Å². The Morgan fingerprint density at radius 2 is 1.74 bits per heavy atom. The van der Waals surface area contributed by atoms with E-state index in [0.717, 1.165) is 5.56 Å². The van der Waals surface area contributed by atoms with Gasteiger partial charge >= 0.3 is 0 Å². The molecule has 0 aromatic heterocycles. The number of aromatic hydroxyl groups is 3. The highest BCUT2D eigenvalue weighted by Crippen LogP contribution is 2.42. The van der Waals surface area contributed by atoms with Crippen LogP contribution in [-0.4, -0.2) is 15.3 Å². The molecule has 96 valence electrons. The van der Waals surface area contributed by atoms with Crippen molar-refractivity contribution in [2.45, 2.75) is 6.92 Å². The monoisotopic (exact) mass is 258 g/mol. The molecule has 0 bridgehead atoms. The van der Waals surface area contributed by atoms with Gasteiger partial charge in [0.25, 0.3) is 0 Å². The van der Waals surface area contributed by atoms with Gasteiger partial charge in [-0.05, 0) is 36.8 Å². The van der Waals surface area contributed by atoms with Gasteiger partial charge in [0.1, 0.15) is 0 Å². The lowest BCUT2D eigenvalue weighted by Gasteiger charge is -2.13. The van der Waals surface area contributed by atoms with Crippen molar-refractivity contribution in [3.8, 4) is 28.6 Å². The Hall–Kier alpha value is -2.69. The first-order valence-corrected chi connectivity index (χ1v) is 5.60. The van der Waals surface area contributed by atoms with Crippen LogP contribution in [0.3, 0.4) is 0 Å². The second-order valence-electron chi connectivity index (χ2n) is 4.33. The van der Waals surface area contributed by atoms with Crippen LogP contribution in [0.5, 0.6) is 17.2 Å². The van der Waals surface area contributed by atoms with Crippen LogP contribution in [0.25, 0.3) is 22.3 Å². The molecule has 1 aromatic carbocycles. The van der Waals surface area contributed by atoms with E-state index in [2.05, 4.69) is 0 Å².